The highest BCUT2D eigenvalue weighted by Gasteiger charge is 2.30. The summed E-state index contributed by atoms with van der Waals surface area (Å²) in [5, 5.41) is 5.01. The molecule has 1 aliphatic rings. The molecular weight excluding hydrogens is 322 g/mol. The lowest BCUT2D eigenvalue weighted by atomic mass is 10.2. The van der Waals surface area contributed by atoms with Gasteiger partial charge in [-0.15, -0.1) is 11.3 Å². The molecule has 1 aliphatic heterocycles. The number of nitrogens with zero attached hydrogens (tertiary/aromatic N) is 2. The van der Waals surface area contributed by atoms with Crippen LogP contribution in [0.1, 0.15) is 30.7 Å². The summed E-state index contributed by atoms with van der Waals surface area (Å²) in [4.78, 5) is 28.7. The molecule has 0 saturated carbocycles. The monoisotopic (exact) mass is 343 g/mol. The molecule has 1 N–H and O–H groups in total. The van der Waals surface area contributed by atoms with Crippen molar-refractivity contribution in [2.45, 2.75) is 25.8 Å². The Morgan fingerprint density at radius 3 is 2.62 bits per heavy atom. The maximum atomic E-state index is 12.6. The van der Waals surface area contributed by atoms with Gasteiger partial charge in [0.15, 0.2) is 0 Å². The van der Waals surface area contributed by atoms with Crippen LogP contribution in [0.15, 0.2) is 41.8 Å². The smallest absolute Gasteiger partial charge is 0.317 e. The number of thiophene rings is 1. The molecule has 6 heteroatoms. The second-order valence-corrected chi connectivity index (χ2v) is 6.90. The Hall–Kier alpha value is -2.34. The number of benzene rings is 1. The van der Waals surface area contributed by atoms with Crippen LogP contribution in [-0.2, 0) is 4.79 Å². The van der Waals surface area contributed by atoms with Crippen molar-refractivity contribution in [2.75, 3.05) is 23.8 Å². The lowest BCUT2D eigenvalue weighted by Crippen LogP contribution is -2.34. The first kappa shape index (κ1) is 16.5. The van der Waals surface area contributed by atoms with Crippen LogP contribution in [0.5, 0.6) is 0 Å². The van der Waals surface area contributed by atoms with Crippen LogP contribution in [0.4, 0.5) is 16.2 Å². The van der Waals surface area contributed by atoms with E-state index in [0.717, 1.165) is 30.8 Å². The van der Waals surface area contributed by atoms with Gasteiger partial charge in [0.2, 0.25) is 5.91 Å². The number of amides is 3. The summed E-state index contributed by atoms with van der Waals surface area (Å²) in [6, 6.07) is 11.5. The Morgan fingerprint density at radius 1 is 1.25 bits per heavy atom. The van der Waals surface area contributed by atoms with Crippen LogP contribution in [0.2, 0.25) is 0 Å². The molecule has 0 bridgehead atoms. The summed E-state index contributed by atoms with van der Waals surface area (Å²) < 4.78 is 0. The standard InChI is InChI=1S/C18H21N3O2S/c1-13(22)20(2)15-9-7-14(8-10-15)19-18(23)21-11-3-5-16(21)17-6-4-12-24-17/h4,6-10,12,16H,3,5,11H2,1-2H3,(H,19,23). The Morgan fingerprint density at radius 2 is 2.00 bits per heavy atom. The summed E-state index contributed by atoms with van der Waals surface area (Å²) in [6.07, 6.45) is 2.04. The molecule has 1 aromatic carbocycles. The zero-order chi connectivity index (χ0) is 17.1. The summed E-state index contributed by atoms with van der Waals surface area (Å²) in [7, 11) is 1.73. The normalized spacial score (nSPS) is 16.9. The average Bonchev–Trinajstić information content (AvgIpc) is 3.25. The number of urea groups is 1. The molecule has 1 fully saturated rings. The number of carbonyl (C=O) groups excluding carboxylic acids is 2. The zero-order valence-electron chi connectivity index (χ0n) is 13.9. The Kier molecular flexibility index (Phi) is 4.85. The topological polar surface area (TPSA) is 52.7 Å². The van der Waals surface area contributed by atoms with E-state index in [0.29, 0.717) is 0 Å². The van der Waals surface area contributed by atoms with Gasteiger partial charge < -0.3 is 15.1 Å². The van der Waals surface area contributed by atoms with Gasteiger partial charge in [-0.2, -0.15) is 0 Å². The minimum absolute atomic E-state index is 0.0253. The van der Waals surface area contributed by atoms with Gasteiger partial charge in [-0.25, -0.2) is 4.79 Å². The molecule has 2 heterocycles. The lowest BCUT2D eigenvalue weighted by Gasteiger charge is -2.24. The highest BCUT2D eigenvalue weighted by atomic mass is 32.1. The third-order valence-electron chi connectivity index (χ3n) is 4.36. The number of hydrogen-bond acceptors (Lipinski definition) is 3. The van der Waals surface area contributed by atoms with Crippen molar-refractivity contribution in [3.05, 3.63) is 46.7 Å². The summed E-state index contributed by atoms with van der Waals surface area (Å²) in [5.41, 5.74) is 1.54. The Bertz CT molecular complexity index is 712. The van der Waals surface area contributed by atoms with E-state index >= 15 is 0 Å². The van der Waals surface area contributed by atoms with Crippen molar-refractivity contribution in [1.29, 1.82) is 0 Å². The third kappa shape index (κ3) is 3.43. The molecule has 2 aromatic rings. The molecular formula is C18H21N3O2S. The molecule has 24 heavy (non-hydrogen) atoms. The van der Waals surface area contributed by atoms with Crippen LogP contribution >= 0.6 is 11.3 Å². The van der Waals surface area contributed by atoms with Gasteiger partial charge in [-0.3, -0.25) is 4.79 Å². The molecule has 1 unspecified atom stereocenters. The number of rotatable bonds is 3. The Balaban J connectivity index is 1.67. The second-order valence-electron chi connectivity index (χ2n) is 5.92. The van der Waals surface area contributed by atoms with Crippen LogP contribution in [0, 0.1) is 0 Å². The van der Waals surface area contributed by atoms with Crippen LogP contribution < -0.4 is 10.2 Å². The predicted molar refractivity (Wildman–Crippen MR) is 97.5 cm³/mol. The lowest BCUT2D eigenvalue weighted by molar-refractivity contribution is -0.116. The maximum absolute atomic E-state index is 12.6. The summed E-state index contributed by atoms with van der Waals surface area (Å²) in [6.45, 7) is 2.30. The van der Waals surface area contributed by atoms with E-state index < -0.39 is 0 Å². The maximum Gasteiger partial charge on any atom is 0.322 e. The first-order chi connectivity index (χ1) is 11.6. The zero-order valence-corrected chi connectivity index (χ0v) is 14.7. The number of likely N-dealkylation sites (tertiary alicyclic amines) is 1. The van der Waals surface area contributed by atoms with Gasteiger partial charge >= 0.3 is 6.03 Å². The minimum atomic E-state index is -0.0708. The highest BCUT2D eigenvalue weighted by Crippen LogP contribution is 2.34. The average molecular weight is 343 g/mol. The summed E-state index contributed by atoms with van der Waals surface area (Å²) in [5.74, 6) is -0.0253. The van der Waals surface area contributed by atoms with Crippen LogP contribution in [0.25, 0.3) is 0 Å². The van der Waals surface area contributed by atoms with Gasteiger partial charge in [-0.1, -0.05) is 6.07 Å². The molecule has 3 amide bonds. The number of nitrogens with one attached hydrogen (secondary N) is 1. The summed E-state index contributed by atoms with van der Waals surface area (Å²) >= 11 is 1.70. The van der Waals surface area contributed by atoms with E-state index in [2.05, 4.69) is 11.4 Å². The van der Waals surface area contributed by atoms with E-state index in [-0.39, 0.29) is 18.0 Å². The molecule has 0 radical (unpaired) electrons. The van der Waals surface area contributed by atoms with Crippen molar-refractivity contribution in [3.63, 3.8) is 0 Å². The molecule has 1 atom stereocenters. The minimum Gasteiger partial charge on any atom is -0.317 e. The molecule has 0 aliphatic carbocycles. The quantitative estimate of drug-likeness (QED) is 0.912. The first-order valence-corrected chi connectivity index (χ1v) is 8.89. The molecule has 0 spiro atoms. The fourth-order valence-corrected chi connectivity index (χ4v) is 3.81. The van der Waals surface area contributed by atoms with Crippen molar-refractivity contribution in [3.8, 4) is 0 Å². The van der Waals surface area contributed by atoms with Gasteiger partial charge in [0.05, 0.1) is 6.04 Å². The molecule has 1 aromatic heterocycles. The fraction of sp³-hybridized carbons (Fsp3) is 0.333. The van der Waals surface area contributed by atoms with Crippen molar-refractivity contribution < 1.29 is 9.59 Å². The van der Waals surface area contributed by atoms with Crippen molar-refractivity contribution in [2.24, 2.45) is 0 Å². The highest BCUT2D eigenvalue weighted by molar-refractivity contribution is 7.10. The van der Waals surface area contributed by atoms with Crippen molar-refractivity contribution in [1.82, 2.24) is 4.90 Å². The van der Waals surface area contributed by atoms with Gasteiger partial charge in [0.25, 0.3) is 0 Å². The van der Waals surface area contributed by atoms with Crippen LogP contribution in [-0.4, -0.2) is 30.4 Å². The van der Waals surface area contributed by atoms with E-state index in [1.807, 2.05) is 40.6 Å². The third-order valence-corrected chi connectivity index (χ3v) is 5.34. The molecule has 126 valence electrons. The number of hydrogen-bond donors (Lipinski definition) is 1. The largest absolute Gasteiger partial charge is 0.322 e. The van der Waals surface area contributed by atoms with E-state index in [4.69, 9.17) is 0 Å². The molecule has 3 rings (SSSR count). The van der Waals surface area contributed by atoms with E-state index in [1.54, 1.807) is 23.3 Å². The second kappa shape index (κ2) is 7.05. The Labute approximate surface area is 145 Å². The number of anilines is 2. The van der Waals surface area contributed by atoms with Crippen molar-refractivity contribution >= 4 is 34.6 Å². The predicted octanol–water partition coefficient (Wildman–Crippen LogP) is 4.10. The first-order valence-electron chi connectivity index (χ1n) is 8.01. The molecule has 1 saturated heterocycles. The fourth-order valence-electron chi connectivity index (χ4n) is 2.93. The molecule has 5 nitrogen and oxygen atoms in total. The van der Waals surface area contributed by atoms with E-state index in [1.165, 1.54) is 11.8 Å². The van der Waals surface area contributed by atoms with Gasteiger partial charge in [0.1, 0.15) is 0 Å². The van der Waals surface area contributed by atoms with Gasteiger partial charge in [-0.05, 0) is 48.6 Å². The van der Waals surface area contributed by atoms with Crippen LogP contribution in [0.3, 0.4) is 0 Å². The number of carbonyl (C=O) groups is 2. The van der Waals surface area contributed by atoms with E-state index in [9.17, 15) is 9.59 Å². The van der Waals surface area contributed by atoms with Gasteiger partial charge in [0, 0.05) is 36.8 Å². The SMILES string of the molecule is CC(=O)N(C)c1ccc(NC(=O)N2CCCC2c2cccs2)cc1.